The molecule has 5 rings (SSSR count). The van der Waals surface area contributed by atoms with Crippen LogP contribution in [0.5, 0.6) is 0 Å². The highest BCUT2D eigenvalue weighted by molar-refractivity contribution is 6.10. The van der Waals surface area contributed by atoms with Crippen molar-refractivity contribution in [2.24, 2.45) is 0 Å². The van der Waals surface area contributed by atoms with E-state index in [4.69, 9.17) is 14.4 Å². The monoisotopic (exact) mass is 475 g/mol. The van der Waals surface area contributed by atoms with Gasteiger partial charge in [0.25, 0.3) is 5.91 Å². The first-order chi connectivity index (χ1) is 16.2. The van der Waals surface area contributed by atoms with Crippen LogP contribution in [0.1, 0.15) is 40.9 Å². The maximum absolute atomic E-state index is 12.7. The molecule has 1 aliphatic heterocycles. The van der Waals surface area contributed by atoms with Gasteiger partial charge in [0, 0.05) is 24.8 Å². The summed E-state index contributed by atoms with van der Waals surface area (Å²) >= 11 is 0. The standard InChI is InChI=1S/C22H23N3O2.C2HF3O2/c26-22(21-19-6-1-2-7-20(19)24-27-21)23-17-9-8-15-10-12-25(18-4-3-5-18)13-11-16(15)14-17;3-2(4,5)1(6)7/h1-2,6-9,14,18H,3-5,10-13H2,(H,23,26);(H,6,7). The van der Waals surface area contributed by atoms with Gasteiger partial charge < -0.3 is 14.9 Å². The molecule has 2 aromatic carbocycles. The van der Waals surface area contributed by atoms with Crippen LogP contribution in [0.25, 0.3) is 10.9 Å². The number of carboxylic acids is 1. The van der Waals surface area contributed by atoms with Crippen LogP contribution >= 0.6 is 0 Å². The summed E-state index contributed by atoms with van der Waals surface area (Å²) in [6, 6.07) is 14.5. The summed E-state index contributed by atoms with van der Waals surface area (Å²) in [7, 11) is 0. The van der Waals surface area contributed by atoms with Gasteiger partial charge >= 0.3 is 12.1 Å². The molecular formula is C24H24F3N3O4. The third-order valence-corrected chi connectivity index (χ3v) is 6.22. The maximum atomic E-state index is 12.7. The van der Waals surface area contributed by atoms with E-state index in [0.717, 1.165) is 43.0 Å². The van der Waals surface area contributed by atoms with E-state index in [1.165, 1.54) is 30.4 Å². The Morgan fingerprint density at radius 1 is 1.06 bits per heavy atom. The molecule has 2 aliphatic rings. The highest BCUT2D eigenvalue weighted by Crippen LogP contribution is 2.28. The second kappa shape index (κ2) is 9.84. The summed E-state index contributed by atoms with van der Waals surface area (Å²) in [5.74, 6) is -2.75. The SMILES string of the molecule is O=C(Nc1ccc2c(c1)CCN(C1CCC1)CC2)c1onc2ccccc12.O=C(O)C(F)(F)F. The van der Waals surface area contributed by atoms with Crippen LogP contribution in [0, 0.1) is 0 Å². The summed E-state index contributed by atoms with van der Waals surface area (Å²) < 4.78 is 37.0. The smallest absolute Gasteiger partial charge is 0.475 e. The van der Waals surface area contributed by atoms with Gasteiger partial charge in [0.2, 0.25) is 5.76 Å². The predicted octanol–water partition coefficient (Wildman–Crippen LogP) is 4.67. The number of benzene rings is 2. The van der Waals surface area contributed by atoms with Crippen molar-refractivity contribution in [1.82, 2.24) is 10.1 Å². The van der Waals surface area contributed by atoms with Crippen molar-refractivity contribution in [3.8, 4) is 0 Å². The number of anilines is 1. The Morgan fingerprint density at radius 2 is 1.74 bits per heavy atom. The van der Waals surface area contributed by atoms with Crippen molar-refractivity contribution >= 4 is 28.5 Å². The molecule has 180 valence electrons. The van der Waals surface area contributed by atoms with Gasteiger partial charge in [0.05, 0.1) is 5.39 Å². The largest absolute Gasteiger partial charge is 0.490 e. The Hall–Kier alpha value is -3.40. The molecule has 1 aliphatic carbocycles. The highest BCUT2D eigenvalue weighted by atomic mass is 19.4. The van der Waals surface area contributed by atoms with Crippen LogP contribution in [0.2, 0.25) is 0 Å². The summed E-state index contributed by atoms with van der Waals surface area (Å²) in [5.41, 5.74) is 4.26. The highest BCUT2D eigenvalue weighted by Gasteiger charge is 2.38. The average Bonchev–Trinajstić information content (AvgIpc) is 3.09. The van der Waals surface area contributed by atoms with Gasteiger partial charge in [-0.25, -0.2) is 4.79 Å². The first-order valence-electron chi connectivity index (χ1n) is 11.0. The number of carbonyl (C=O) groups excluding carboxylic acids is 1. The lowest BCUT2D eigenvalue weighted by atomic mass is 9.91. The van der Waals surface area contributed by atoms with E-state index in [0.29, 0.717) is 5.52 Å². The Kier molecular flexibility index (Phi) is 6.87. The third kappa shape index (κ3) is 5.39. The number of rotatable bonds is 3. The number of alkyl halides is 3. The van der Waals surface area contributed by atoms with Crippen LogP contribution in [-0.4, -0.2) is 52.3 Å². The molecule has 1 saturated carbocycles. The molecule has 3 aromatic rings. The van der Waals surface area contributed by atoms with E-state index in [1.54, 1.807) is 0 Å². The van der Waals surface area contributed by atoms with Gasteiger partial charge in [-0.15, -0.1) is 0 Å². The molecule has 2 heterocycles. The lowest BCUT2D eigenvalue weighted by Gasteiger charge is -2.36. The fourth-order valence-corrected chi connectivity index (χ4v) is 4.18. The first kappa shape index (κ1) is 23.7. The number of hydrogen-bond acceptors (Lipinski definition) is 5. The number of aliphatic carboxylic acids is 1. The quantitative estimate of drug-likeness (QED) is 0.572. The summed E-state index contributed by atoms with van der Waals surface area (Å²) in [6.07, 6.45) is 1.12. The first-order valence-corrected chi connectivity index (χ1v) is 11.0. The molecule has 1 aromatic heterocycles. The molecular weight excluding hydrogens is 451 g/mol. The lowest BCUT2D eigenvalue weighted by molar-refractivity contribution is -0.192. The van der Waals surface area contributed by atoms with Crippen molar-refractivity contribution in [2.45, 2.75) is 44.3 Å². The molecule has 1 amide bonds. The Bertz CT molecular complexity index is 1190. The molecule has 0 saturated heterocycles. The molecule has 0 bridgehead atoms. The van der Waals surface area contributed by atoms with Crippen LogP contribution in [-0.2, 0) is 17.6 Å². The topological polar surface area (TPSA) is 95.7 Å². The van der Waals surface area contributed by atoms with Gasteiger partial charge in [0.15, 0.2) is 0 Å². The fraction of sp³-hybridized carbons (Fsp3) is 0.375. The van der Waals surface area contributed by atoms with Crippen molar-refractivity contribution in [3.05, 3.63) is 59.4 Å². The van der Waals surface area contributed by atoms with Crippen molar-refractivity contribution in [2.75, 3.05) is 18.4 Å². The average molecular weight is 475 g/mol. The number of nitrogens with zero attached hydrogens (tertiary/aromatic N) is 2. The minimum absolute atomic E-state index is 0.256. The molecule has 0 spiro atoms. The third-order valence-electron chi connectivity index (χ3n) is 6.22. The Balaban J connectivity index is 0.000000344. The Morgan fingerprint density at radius 3 is 2.38 bits per heavy atom. The Labute approximate surface area is 193 Å². The lowest BCUT2D eigenvalue weighted by Crippen LogP contribution is -2.41. The number of halogens is 3. The van der Waals surface area contributed by atoms with Crippen molar-refractivity contribution < 1.29 is 32.4 Å². The molecule has 2 N–H and O–H groups in total. The molecule has 0 atom stereocenters. The van der Waals surface area contributed by atoms with Gasteiger partial charge in [-0.1, -0.05) is 29.8 Å². The number of carbonyl (C=O) groups is 2. The van der Waals surface area contributed by atoms with Crippen LogP contribution < -0.4 is 5.32 Å². The number of nitrogens with one attached hydrogen (secondary N) is 1. The number of hydrogen-bond donors (Lipinski definition) is 2. The van der Waals surface area contributed by atoms with E-state index in [2.05, 4.69) is 27.5 Å². The molecule has 0 unspecified atom stereocenters. The van der Waals surface area contributed by atoms with Crippen LogP contribution in [0.4, 0.5) is 18.9 Å². The summed E-state index contributed by atoms with van der Waals surface area (Å²) in [4.78, 5) is 24.2. The molecule has 34 heavy (non-hydrogen) atoms. The van der Waals surface area contributed by atoms with E-state index >= 15 is 0 Å². The molecule has 7 nitrogen and oxygen atoms in total. The van der Waals surface area contributed by atoms with E-state index in [1.807, 2.05) is 30.3 Å². The number of amides is 1. The fourth-order valence-electron chi connectivity index (χ4n) is 4.18. The van der Waals surface area contributed by atoms with Crippen molar-refractivity contribution in [1.29, 1.82) is 0 Å². The zero-order valence-corrected chi connectivity index (χ0v) is 18.3. The van der Waals surface area contributed by atoms with Gasteiger partial charge in [-0.3, -0.25) is 9.69 Å². The second-order valence-corrected chi connectivity index (χ2v) is 8.39. The van der Waals surface area contributed by atoms with E-state index < -0.39 is 12.1 Å². The minimum Gasteiger partial charge on any atom is -0.475 e. The minimum atomic E-state index is -5.08. The number of aromatic nitrogens is 1. The van der Waals surface area contributed by atoms with Crippen LogP contribution in [0.3, 0.4) is 0 Å². The molecule has 0 radical (unpaired) electrons. The molecule has 10 heteroatoms. The van der Waals surface area contributed by atoms with E-state index in [-0.39, 0.29) is 11.7 Å². The summed E-state index contributed by atoms with van der Waals surface area (Å²) in [5, 5.41) is 14.8. The van der Waals surface area contributed by atoms with Gasteiger partial charge in [0.1, 0.15) is 5.52 Å². The van der Waals surface area contributed by atoms with Crippen molar-refractivity contribution in [3.63, 3.8) is 0 Å². The number of fused-ring (bicyclic) bond motifs is 2. The zero-order chi connectivity index (χ0) is 24.3. The van der Waals surface area contributed by atoms with Gasteiger partial charge in [-0.05, 0) is 61.1 Å². The van der Waals surface area contributed by atoms with E-state index in [9.17, 15) is 18.0 Å². The summed E-state index contributed by atoms with van der Waals surface area (Å²) in [6.45, 7) is 2.26. The normalized spacial score (nSPS) is 16.6. The second-order valence-electron chi connectivity index (χ2n) is 8.39. The predicted molar refractivity (Wildman–Crippen MR) is 119 cm³/mol. The number of carboxylic acid groups (broad SMARTS) is 1. The zero-order valence-electron chi connectivity index (χ0n) is 18.3. The van der Waals surface area contributed by atoms with Gasteiger partial charge in [-0.2, -0.15) is 13.2 Å². The van der Waals surface area contributed by atoms with Crippen LogP contribution in [0.15, 0.2) is 47.0 Å². The maximum Gasteiger partial charge on any atom is 0.490 e. The molecule has 1 fully saturated rings.